The van der Waals surface area contributed by atoms with E-state index < -0.39 is 0 Å². The van der Waals surface area contributed by atoms with Gasteiger partial charge < -0.3 is 19.4 Å². The van der Waals surface area contributed by atoms with Crippen LogP contribution < -0.4 is 14.5 Å². The number of nitrogens with zero attached hydrogens (tertiary/aromatic N) is 6. The molecule has 2 aromatic carbocycles. The second kappa shape index (κ2) is 10.5. The van der Waals surface area contributed by atoms with Crippen LogP contribution in [0, 0.1) is 0 Å². The van der Waals surface area contributed by atoms with Gasteiger partial charge in [-0.1, -0.05) is 35.9 Å². The van der Waals surface area contributed by atoms with Gasteiger partial charge in [-0.2, -0.15) is 9.97 Å². The molecule has 2 atom stereocenters. The van der Waals surface area contributed by atoms with Crippen LogP contribution in [0.2, 0.25) is 5.02 Å². The molecule has 1 saturated heterocycles. The molecule has 5 heterocycles. The lowest BCUT2D eigenvalue weighted by Gasteiger charge is -2.39. The van der Waals surface area contributed by atoms with Crippen molar-refractivity contribution in [1.82, 2.24) is 19.9 Å². The van der Waals surface area contributed by atoms with Gasteiger partial charge in [-0.15, -0.1) is 0 Å². The summed E-state index contributed by atoms with van der Waals surface area (Å²) in [5.74, 6) is 1.02. The van der Waals surface area contributed by atoms with E-state index in [1.54, 1.807) is 0 Å². The highest BCUT2D eigenvalue weighted by atomic mass is 35.5. The average molecular weight is 555 g/mol. The van der Waals surface area contributed by atoms with E-state index in [2.05, 4.69) is 64.0 Å². The third-order valence-electron chi connectivity index (χ3n) is 8.94. The molecule has 0 spiro atoms. The Bertz CT molecular complexity index is 1550. The summed E-state index contributed by atoms with van der Waals surface area (Å²) in [5.41, 5.74) is 6.07. The maximum atomic E-state index is 6.72. The molecule has 4 aromatic rings. The normalized spacial score (nSPS) is 21.0. The summed E-state index contributed by atoms with van der Waals surface area (Å²) >= 11 is 6.72. The Morgan fingerprint density at radius 3 is 2.75 bits per heavy atom. The molecule has 1 fully saturated rings. The van der Waals surface area contributed by atoms with Gasteiger partial charge in [-0.25, -0.2) is 0 Å². The standard InChI is InChI=1S/C32H35ClN6O/c1-21-16-24-17-34-13-11-23(24)18-39(21)31-26-12-15-38(29-10-4-7-22-6-3-9-27(33)30(22)29)19-28(26)35-32(36-31)40-20-25-8-5-14-37(25)2/h3-4,6-7,9-11,13,17,21,25H,5,8,12,14-16,18-20H2,1-2H3/t21-,25+/m1/s1. The first-order valence-electron chi connectivity index (χ1n) is 14.4. The van der Waals surface area contributed by atoms with Crippen LogP contribution in [0.1, 0.15) is 42.1 Å². The highest BCUT2D eigenvalue weighted by Crippen LogP contribution is 2.38. The highest BCUT2D eigenvalue weighted by Gasteiger charge is 2.31. The van der Waals surface area contributed by atoms with Gasteiger partial charge in [0.2, 0.25) is 0 Å². The van der Waals surface area contributed by atoms with Gasteiger partial charge in [0, 0.05) is 54.2 Å². The summed E-state index contributed by atoms with van der Waals surface area (Å²) in [4.78, 5) is 21.7. The lowest BCUT2D eigenvalue weighted by molar-refractivity contribution is 0.187. The minimum absolute atomic E-state index is 0.305. The number of pyridine rings is 1. The molecule has 0 radical (unpaired) electrons. The summed E-state index contributed by atoms with van der Waals surface area (Å²) in [6.07, 6.45) is 8.08. The number of likely N-dealkylation sites (tertiary alicyclic amines) is 1. The zero-order valence-corrected chi connectivity index (χ0v) is 23.9. The number of hydrogen-bond donors (Lipinski definition) is 0. The van der Waals surface area contributed by atoms with Crippen molar-refractivity contribution in [1.29, 1.82) is 0 Å². The molecule has 7 nitrogen and oxygen atoms in total. The molecule has 206 valence electrons. The van der Waals surface area contributed by atoms with E-state index in [4.69, 9.17) is 26.3 Å². The number of anilines is 2. The smallest absolute Gasteiger partial charge is 0.318 e. The Morgan fingerprint density at radius 2 is 1.90 bits per heavy atom. The SMILES string of the molecule is C[C@@H]1Cc2cnccc2CN1c1nc(OC[C@@H]2CCCN2C)nc2c1CCN(c1cccc3cccc(Cl)c13)C2. The molecule has 0 N–H and O–H groups in total. The Labute approximate surface area is 240 Å². The van der Waals surface area contributed by atoms with Crippen LogP contribution in [0.15, 0.2) is 54.9 Å². The Hall–Kier alpha value is -3.42. The van der Waals surface area contributed by atoms with Gasteiger partial charge in [0.25, 0.3) is 0 Å². The van der Waals surface area contributed by atoms with Crippen molar-refractivity contribution in [3.63, 3.8) is 0 Å². The van der Waals surface area contributed by atoms with Crippen molar-refractivity contribution in [2.45, 2.75) is 57.8 Å². The molecule has 3 aliphatic rings. The van der Waals surface area contributed by atoms with Crippen LogP contribution in [-0.2, 0) is 25.9 Å². The van der Waals surface area contributed by atoms with Crippen molar-refractivity contribution in [3.05, 3.63) is 82.3 Å². The van der Waals surface area contributed by atoms with E-state index >= 15 is 0 Å². The highest BCUT2D eigenvalue weighted by molar-refractivity contribution is 6.36. The number of likely N-dealkylation sites (N-methyl/N-ethyl adjacent to an activating group) is 1. The molecule has 0 unspecified atom stereocenters. The zero-order chi connectivity index (χ0) is 27.2. The van der Waals surface area contributed by atoms with Gasteiger partial charge in [0.15, 0.2) is 0 Å². The Balaban J connectivity index is 1.26. The second-order valence-corrected chi connectivity index (χ2v) is 11.9. The number of ether oxygens (including phenoxy) is 1. The Kier molecular flexibility index (Phi) is 6.72. The molecule has 7 rings (SSSR count). The van der Waals surface area contributed by atoms with E-state index in [9.17, 15) is 0 Å². The van der Waals surface area contributed by atoms with Gasteiger partial charge in [0.1, 0.15) is 12.4 Å². The van der Waals surface area contributed by atoms with Gasteiger partial charge in [-0.3, -0.25) is 4.98 Å². The van der Waals surface area contributed by atoms with Crippen molar-refractivity contribution in [2.75, 3.05) is 36.5 Å². The van der Waals surface area contributed by atoms with Gasteiger partial charge >= 0.3 is 6.01 Å². The van der Waals surface area contributed by atoms with E-state index in [1.165, 1.54) is 23.1 Å². The van der Waals surface area contributed by atoms with Gasteiger partial charge in [0.05, 0.1) is 17.3 Å². The van der Waals surface area contributed by atoms with Crippen LogP contribution in [0.5, 0.6) is 6.01 Å². The number of benzene rings is 2. The summed E-state index contributed by atoms with van der Waals surface area (Å²) in [7, 11) is 2.18. The van der Waals surface area contributed by atoms with Crippen molar-refractivity contribution < 1.29 is 4.74 Å². The van der Waals surface area contributed by atoms with Crippen LogP contribution >= 0.6 is 11.6 Å². The largest absolute Gasteiger partial charge is 0.462 e. The fourth-order valence-electron chi connectivity index (χ4n) is 6.64. The molecule has 0 amide bonds. The number of rotatable bonds is 5. The molecule has 3 aliphatic heterocycles. The average Bonchev–Trinajstić information content (AvgIpc) is 3.39. The summed E-state index contributed by atoms with van der Waals surface area (Å²) in [6.45, 7) is 6.40. The molecule has 0 saturated carbocycles. The third-order valence-corrected chi connectivity index (χ3v) is 9.25. The van der Waals surface area contributed by atoms with Crippen LogP contribution in [0.3, 0.4) is 0 Å². The molecule has 40 heavy (non-hydrogen) atoms. The summed E-state index contributed by atoms with van der Waals surface area (Å²) in [6, 6.07) is 15.9. The maximum absolute atomic E-state index is 6.72. The first-order valence-corrected chi connectivity index (χ1v) is 14.8. The van der Waals surface area contributed by atoms with Crippen LogP contribution in [0.25, 0.3) is 10.8 Å². The monoisotopic (exact) mass is 554 g/mol. The van der Waals surface area contributed by atoms with E-state index in [0.29, 0.717) is 31.2 Å². The van der Waals surface area contributed by atoms with Gasteiger partial charge in [-0.05, 0) is 80.9 Å². The predicted octanol–water partition coefficient (Wildman–Crippen LogP) is 5.67. The second-order valence-electron chi connectivity index (χ2n) is 11.5. The number of halogens is 1. The molecule has 8 heteroatoms. The number of fused-ring (bicyclic) bond motifs is 3. The minimum atomic E-state index is 0.305. The molecule has 2 aromatic heterocycles. The predicted molar refractivity (Wildman–Crippen MR) is 160 cm³/mol. The third kappa shape index (κ3) is 4.65. The van der Waals surface area contributed by atoms with Crippen LogP contribution in [0.4, 0.5) is 11.5 Å². The lowest BCUT2D eigenvalue weighted by Crippen LogP contribution is -2.41. The zero-order valence-electron chi connectivity index (χ0n) is 23.2. The lowest BCUT2D eigenvalue weighted by atomic mass is 9.95. The fraction of sp³-hybridized carbons (Fsp3) is 0.406. The van der Waals surface area contributed by atoms with E-state index in [0.717, 1.165) is 71.9 Å². The number of aromatic nitrogens is 3. The maximum Gasteiger partial charge on any atom is 0.318 e. The Morgan fingerprint density at radius 1 is 1.02 bits per heavy atom. The fourth-order valence-corrected chi connectivity index (χ4v) is 6.92. The quantitative estimate of drug-likeness (QED) is 0.315. The van der Waals surface area contributed by atoms with E-state index in [-0.39, 0.29) is 0 Å². The number of hydrogen-bond acceptors (Lipinski definition) is 7. The topological polar surface area (TPSA) is 57.6 Å². The molecule has 0 bridgehead atoms. The van der Waals surface area contributed by atoms with Crippen molar-refractivity contribution in [3.8, 4) is 6.01 Å². The van der Waals surface area contributed by atoms with E-state index in [1.807, 2.05) is 24.5 Å². The first kappa shape index (κ1) is 25.5. The molecular formula is C32H35ClN6O. The van der Waals surface area contributed by atoms with Crippen molar-refractivity contribution >= 4 is 33.9 Å². The minimum Gasteiger partial charge on any atom is -0.462 e. The van der Waals surface area contributed by atoms with Crippen LogP contribution in [-0.4, -0.2) is 58.7 Å². The summed E-state index contributed by atoms with van der Waals surface area (Å²) < 4.78 is 6.35. The summed E-state index contributed by atoms with van der Waals surface area (Å²) in [5, 5.41) is 3.03. The first-order chi connectivity index (χ1) is 19.5. The molecule has 0 aliphatic carbocycles. The van der Waals surface area contributed by atoms with Crippen molar-refractivity contribution in [2.24, 2.45) is 0 Å². The molecular weight excluding hydrogens is 520 g/mol.